The Hall–Kier alpha value is -2.93. The molecular weight excluding hydrogens is 432 g/mol. The number of amides is 1. The molecule has 3 aliphatic heterocycles. The van der Waals surface area contributed by atoms with Gasteiger partial charge in [0, 0.05) is 36.6 Å². The minimum absolute atomic E-state index is 0.00850. The second-order valence-electron chi connectivity index (χ2n) is 9.60. The van der Waals surface area contributed by atoms with Gasteiger partial charge in [-0.2, -0.15) is 0 Å². The highest BCUT2D eigenvalue weighted by Crippen LogP contribution is 2.43. The van der Waals surface area contributed by atoms with E-state index in [4.69, 9.17) is 14.2 Å². The van der Waals surface area contributed by atoms with Crippen LogP contribution in [0.2, 0.25) is 0 Å². The Labute approximate surface area is 201 Å². The van der Waals surface area contributed by atoms with Gasteiger partial charge in [-0.05, 0) is 68.5 Å². The van der Waals surface area contributed by atoms with Gasteiger partial charge in [0.2, 0.25) is 12.7 Å². The Morgan fingerprint density at radius 3 is 2.68 bits per heavy atom. The summed E-state index contributed by atoms with van der Waals surface area (Å²) in [5.74, 6) is 2.14. The first-order valence-corrected chi connectivity index (χ1v) is 12.4. The first-order valence-electron chi connectivity index (χ1n) is 12.4. The predicted molar refractivity (Wildman–Crippen MR) is 129 cm³/mol. The fraction of sp³-hybridized carbons (Fsp3) is 0.519. The highest BCUT2D eigenvalue weighted by atomic mass is 16.7. The van der Waals surface area contributed by atoms with Crippen molar-refractivity contribution in [2.45, 2.75) is 50.5 Å². The molecule has 2 fully saturated rings. The van der Waals surface area contributed by atoms with Crippen molar-refractivity contribution in [3.05, 3.63) is 47.5 Å². The van der Waals surface area contributed by atoms with E-state index < -0.39 is 0 Å². The van der Waals surface area contributed by atoms with E-state index in [1.165, 1.54) is 45.2 Å². The van der Waals surface area contributed by atoms with E-state index in [1.54, 1.807) is 19.2 Å². The molecule has 2 aromatic rings. The molecule has 5 rings (SSSR count). The molecule has 2 N–H and O–H groups in total. The average molecular weight is 467 g/mol. The third-order valence-corrected chi connectivity index (χ3v) is 7.60. The van der Waals surface area contributed by atoms with Crippen molar-refractivity contribution in [2.24, 2.45) is 5.92 Å². The number of hydrogen-bond acceptors (Lipinski definition) is 6. The van der Waals surface area contributed by atoms with Gasteiger partial charge < -0.3 is 29.5 Å². The number of carbonyl (C=O) groups is 1. The Morgan fingerprint density at radius 2 is 1.88 bits per heavy atom. The van der Waals surface area contributed by atoms with E-state index in [0.717, 1.165) is 11.3 Å². The van der Waals surface area contributed by atoms with Crippen LogP contribution in [0, 0.1) is 5.92 Å². The highest BCUT2D eigenvalue weighted by molar-refractivity contribution is 5.78. The SMILES string of the molecule is COc1ccc(C(CC(=O)NCC2CCCN3CCCCC23)c2cc3c(cc2O)OCO3)cc1. The van der Waals surface area contributed by atoms with Gasteiger partial charge in [-0.3, -0.25) is 4.79 Å². The zero-order chi connectivity index (χ0) is 23.5. The largest absolute Gasteiger partial charge is 0.508 e. The van der Waals surface area contributed by atoms with Gasteiger partial charge >= 0.3 is 0 Å². The van der Waals surface area contributed by atoms with Gasteiger partial charge in [-0.25, -0.2) is 0 Å². The van der Waals surface area contributed by atoms with Crippen LogP contribution in [0.1, 0.15) is 55.6 Å². The van der Waals surface area contributed by atoms with Crippen molar-refractivity contribution in [1.29, 1.82) is 0 Å². The number of aromatic hydroxyl groups is 1. The van der Waals surface area contributed by atoms with E-state index in [-0.39, 0.29) is 30.8 Å². The lowest BCUT2D eigenvalue weighted by atomic mass is 9.83. The molecule has 182 valence electrons. The average Bonchev–Trinajstić information content (AvgIpc) is 3.33. The molecule has 0 spiro atoms. The van der Waals surface area contributed by atoms with Crippen LogP contribution in [0.25, 0.3) is 0 Å². The van der Waals surface area contributed by atoms with Crippen molar-refractivity contribution in [3.63, 3.8) is 0 Å². The molecule has 0 bridgehead atoms. The van der Waals surface area contributed by atoms with Crippen molar-refractivity contribution >= 4 is 5.91 Å². The quantitative estimate of drug-likeness (QED) is 0.641. The molecule has 2 aromatic carbocycles. The fourth-order valence-electron chi connectivity index (χ4n) is 5.79. The number of hydrogen-bond donors (Lipinski definition) is 2. The van der Waals surface area contributed by atoms with Crippen LogP contribution >= 0.6 is 0 Å². The molecule has 0 radical (unpaired) electrons. The zero-order valence-electron chi connectivity index (χ0n) is 19.8. The number of ether oxygens (including phenoxy) is 3. The van der Waals surface area contributed by atoms with Gasteiger partial charge in [-0.15, -0.1) is 0 Å². The zero-order valence-corrected chi connectivity index (χ0v) is 19.8. The number of methoxy groups -OCH3 is 1. The maximum Gasteiger partial charge on any atom is 0.231 e. The summed E-state index contributed by atoms with van der Waals surface area (Å²) >= 11 is 0. The molecule has 2 saturated heterocycles. The number of carbonyl (C=O) groups excluding carboxylic acids is 1. The van der Waals surface area contributed by atoms with Gasteiger partial charge in [0.1, 0.15) is 11.5 Å². The van der Waals surface area contributed by atoms with Crippen LogP contribution in [-0.4, -0.2) is 55.5 Å². The molecule has 3 atom stereocenters. The number of piperidine rings is 2. The Bertz CT molecular complexity index is 1010. The lowest BCUT2D eigenvalue weighted by Gasteiger charge is -2.44. The van der Waals surface area contributed by atoms with Crippen LogP contribution in [0.3, 0.4) is 0 Å². The summed E-state index contributed by atoms with van der Waals surface area (Å²) in [6, 6.07) is 11.6. The fourth-order valence-corrected chi connectivity index (χ4v) is 5.79. The van der Waals surface area contributed by atoms with Crippen molar-refractivity contribution in [2.75, 3.05) is 33.5 Å². The van der Waals surface area contributed by atoms with Gasteiger partial charge in [-0.1, -0.05) is 18.6 Å². The molecule has 7 heteroatoms. The Kier molecular flexibility index (Phi) is 6.81. The van der Waals surface area contributed by atoms with E-state index in [2.05, 4.69) is 10.2 Å². The summed E-state index contributed by atoms with van der Waals surface area (Å²) in [6.07, 6.45) is 6.43. The molecule has 7 nitrogen and oxygen atoms in total. The maximum atomic E-state index is 13.2. The first kappa shape index (κ1) is 22.8. The predicted octanol–water partition coefficient (Wildman–Crippen LogP) is 4.03. The summed E-state index contributed by atoms with van der Waals surface area (Å²) in [6.45, 7) is 3.23. The number of phenols is 1. The highest BCUT2D eigenvalue weighted by Gasteiger charge is 2.33. The topological polar surface area (TPSA) is 80.3 Å². The normalized spacial score (nSPS) is 22.6. The number of nitrogens with zero attached hydrogens (tertiary/aromatic N) is 1. The Balaban J connectivity index is 1.33. The number of phenolic OH excluding ortho intramolecular Hbond substituents is 1. The minimum Gasteiger partial charge on any atom is -0.508 e. The van der Waals surface area contributed by atoms with Crippen LogP contribution in [0.15, 0.2) is 36.4 Å². The van der Waals surface area contributed by atoms with Crippen molar-refractivity contribution in [1.82, 2.24) is 10.2 Å². The molecule has 0 aromatic heterocycles. The van der Waals surface area contributed by atoms with Crippen LogP contribution < -0.4 is 19.5 Å². The summed E-state index contributed by atoms with van der Waals surface area (Å²) < 4.78 is 16.2. The minimum atomic E-state index is -0.321. The molecule has 0 aliphatic carbocycles. The molecule has 0 saturated carbocycles. The lowest BCUT2D eigenvalue weighted by molar-refractivity contribution is -0.121. The summed E-state index contributed by atoms with van der Waals surface area (Å²) in [5.41, 5.74) is 1.59. The van der Waals surface area contributed by atoms with E-state index in [1.807, 2.05) is 24.3 Å². The summed E-state index contributed by atoms with van der Waals surface area (Å²) in [7, 11) is 1.63. The molecule has 34 heavy (non-hydrogen) atoms. The monoisotopic (exact) mass is 466 g/mol. The first-order chi connectivity index (χ1) is 16.6. The third-order valence-electron chi connectivity index (χ3n) is 7.60. The molecule has 3 unspecified atom stereocenters. The van der Waals surface area contributed by atoms with Crippen LogP contribution in [-0.2, 0) is 4.79 Å². The number of rotatable bonds is 7. The molecule has 3 heterocycles. The van der Waals surface area contributed by atoms with Crippen LogP contribution in [0.5, 0.6) is 23.0 Å². The van der Waals surface area contributed by atoms with Crippen LogP contribution in [0.4, 0.5) is 0 Å². The van der Waals surface area contributed by atoms with Gasteiger partial charge in [0.15, 0.2) is 11.5 Å². The molecule has 1 amide bonds. The summed E-state index contributed by atoms with van der Waals surface area (Å²) in [4.78, 5) is 15.8. The lowest BCUT2D eigenvalue weighted by Crippen LogP contribution is -2.51. The van der Waals surface area contributed by atoms with Gasteiger partial charge in [0.05, 0.1) is 7.11 Å². The van der Waals surface area contributed by atoms with E-state index in [9.17, 15) is 9.90 Å². The smallest absolute Gasteiger partial charge is 0.231 e. The second-order valence-corrected chi connectivity index (χ2v) is 9.60. The number of benzene rings is 2. The van der Waals surface area contributed by atoms with E-state index in [0.29, 0.717) is 35.6 Å². The second kappa shape index (κ2) is 10.1. The number of nitrogens with one attached hydrogen (secondary N) is 1. The number of fused-ring (bicyclic) bond motifs is 2. The standard InChI is InChI=1S/C27H34N2O5/c1-32-20-9-7-18(8-10-20)21(22-13-25-26(15-24(22)30)34-17-33-25)14-27(31)28-16-19-5-4-12-29-11-3-2-6-23(19)29/h7-10,13,15,19,21,23,30H,2-6,11-12,14,16-17H2,1H3,(H,28,31). The molecular formula is C27H34N2O5. The third kappa shape index (κ3) is 4.80. The van der Waals surface area contributed by atoms with E-state index >= 15 is 0 Å². The maximum absolute atomic E-state index is 13.2. The van der Waals surface area contributed by atoms with Crippen molar-refractivity contribution < 1.29 is 24.1 Å². The molecule has 3 aliphatic rings. The van der Waals surface area contributed by atoms with Gasteiger partial charge in [0.25, 0.3) is 0 Å². The Morgan fingerprint density at radius 1 is 1.12 bits per heavy atom. The summed E-state index contributed by atoms with van der Waals surface area (Å²) in [5, 5.41) is 14.0. The van der Waals surface area contributed by atoms with Crippen molar-refractivity contribution in [3.8, 4) is 23.0 Å².